The highest BCUT2D eigenvalue weighted by atomic mass is 35.5. The smallest absolute Gasteiger partial charge is 0.258 e. The molecule has 0 fully saturated rings. The first-order valence-corrected chi connectivity index (χ1v) is 5.74. The summed E-state index contributed by atoms with van der Waals surface area (Å²) in [4.78, 5) is 21.4. The van der Waals surface area contributed by atoms with Crippen LogP contribution in [0, 0.1) is 10.1 Å². The Kier molecular flexibility index (Phi) is 3.27. The normalized spacial score (nSPS) is 10.3. The van der Waals surface area contributed by atoms with Crippen molar-refractivity contribution in [2.24, 2.45) is 0 Å². The fourth-order valence-corrected chi connectivity index (χ4v) is 2.55. The van der Waals surface area contributed by atoms with Crippen molar-refractivity contribution in [3.8, 4) is 0 Å². The fourth-order valence-electron chi connectivity index (χ4n) is 0.861. The Morgan fingerprint density at radius 2 is 2.19 bits per heavy atom. The average Bonchev–Trinajstić information content (AvgIpc) is 2.70. The molecule has 0 saturated heterocycles. The van der Waals surface area contributed by atoms with Crippen LogP contribution in [0.1, 0.15) is 0 Å². The molecule has 0 N–H and O–H groups in total. The van der Waals surface area contributed by atoms with Crippen molar-refractivity contribution in [3.63, 3.8) is 0 Å². The van der Waals surface area contributed by atoms with Gasteiger partial charge in [0, 0.05) is 0 Å². The van der Waals surface area contributed by atoms with Crippen molar-refractivity contribution in [1.29, 1.82) is 0 Å². The first-order valence-electron chi connectivity index (χ1n) is 3.78. The number of halogens is 1. The highest BCUT2D eigenvalue weighted by Gasteiger charge is 2.22. The minimum absolute atomic E-state index is 0.154. The average molecular weight is 276 g/mol. The summed E-state index contributed by atoms with van der Waals surface area (Å²) in [5, 5.41) is 10.7. The molecule has 16 heavy (non-hydrogen) atoms. The SMILES string of the molecule is O=[N+]([O-])c1c(Cl)ncnc1Sc1ncns1. The summed E-state index contributed by atoms with van der Waals surface area (Å²) in [5.41, 5.74) is -0.315. The summed E-state index contributed by atoms with van der Waals surface area (Å²) in [6.45, 7) is 0. The minimum Gasteiger partial charge on any atom is -0.258 e. The van der Waals surface area contributed by atoms with E-state index in [0.717, 1.165) is 23.3 Å². The van der Waals surface area contributed by atoms with Gasteiger partial charge in [-0.1, -0.05) is 11.6 Å². The molecule has 0 spiro atoms. The first-order chi connectivity index (χ1) is 7.68. The number of rotatable bonds is 3. The van der Waals surface area contributed by atoms with E-state index in [2.05, 4.69) is 19.3 Å². The number of hydrogen-bond donors (Lipinski definition) is 0. The molecule has 2 heterocycles. The Labute approximate surface area is 102 Å². The molecule has 7 nitrogen and oxygen atoms in total. The lowest BCUT2D eigenvalue weighted by Crippen LogP contribution is -1.96. The van der Waals surface area contributed by atoms with Crippen molar-refractivity contribution >= 4 is 40.6 Å². The van der Waals surface area contributed by atoms with Crippen LogP contribution in [-0.2, 0) is 0 Å². The van der Waals surface area contributed by atoms with E-state index in [9.17, 15) is 10.1 Å². The maximum Gasteiger partial charge on any atom is 0.338 e. The number of hydrogen-bond acceptors (Lipinski definition) is 8. The molecule has 2 aromatic rings. The Hall–Kier alpha value is -1.32. The third-order valence-electron chi connectivity index (χ3n) is 1.45. The van der Waals surface area contributed by atoms with Gasteiger partial charge in [-0.3, -0.25) is 10.1 Å². The van der Waals surface area contributed by atoms with Crippen LogP contribution < -0.4 is 0 Å². The van der Waals surface area contributed by atoms with Crippen LogP contribution in [0.2, 0.25) is 5.15 Å². The third-order valence-corrected chi connectivity index (χ3v) is 3.44. The molecule has 0 saturated carbocycles. The van der Waals surface area contributed by atoms with Gasteiger partial charge >= 0.3 is 5.69 Å². The zero-order valence-electron chi connectivity index (χ0n) is 7.40. The molecule has 0 unspecified atom stereocenters. The molecule has 0 aliphatic rings. The van der Waals surface area contributed by atoms with E-state index in [-0.39, 0.29) is 15.9 Å². The van der Waals surface area contributed by atoms with Gasteiger partial charge in [0.15, 0.2) is 9.37 Å². The highest BCUT2D eigenvalue weighted by Crippen LogP contribution is 2.36. The quantitative estimate of drug-likeness (QED) is 0.480. The van der Waals surface area contributed by atoms with Gasteiger partial charge in [0.05, 0.1) is 4.92 Å². The zero-order chi connectivity index (χ0) is 11.5. The summed E-state index contributed by atoms with van der Waals surface area (Å²) in [6, 6.07) is 0. The van der Waals surface area contributed by atoms with Crippen LogP contribution in [0.4, 0.5) is 5.69 Å². The highest BCUT2D eigenvalue weighted by molar-refractivity contribution is 8.01. The van der Waals surface area contributed by atoms with Crippen LogP contribution in [0.3, 0.4) is 0 Å². The van der Waals surface area contributed by atoms with Crippen molar-refractivity contribution in [3.05, 3.63) is 27.9 Å². The van der Waals surface area contributed by atoms with Gasteiger partial charge in [0.25, 0.3) is 0 Å². The molecule has 10 heteroatoms. The van der Waals surface area contributed by atoms with Gasteiger partial charge in [-0.2, -0.15) is 4.37 Å². The molecule has 0 aliphatic heterocycles. The molecular formula is C6H2ClN5O2S2. The lowest BCUT2D eigenvalue weighted by Gasteiger charge is -1.98. The summed E-state index contributed by atoms with van der Waals surface area (Å²) in [6.07, 6.45) is 2.53. The van der Waals surface area contributed by atoms with Gasteiger partial charge in [0.1, 0.15) is 12.7 Å². The lowest BCUT2D eigenvalue weighted by atomic mass is 10.5. The summed E-state index contributed by atoms with van der Waals surface area (Å²) in [7, 11) is 0. The second kappa shape index (κ2) is 4.68. The molecule has 0 aromatic carbocycles. The minimum atomic E-state index is -0.619. The van der Waals surface area contributed by atoms with Crippen molar-refractivity contribution < 1.29 is 4.92 Å². The summed E-state index contributed by atoms with van der Waals surface area (Å²) >= 11 is 7.78. The molecule has 0 radical (unpaired) electrons. The van der Waals surface area contributed by atoms with Gasteiger partial charge < -0.3 is 0 Å². The van der Waals surface area contributed by atoms with E-state index in [1.807, 2.05) is 0 Å². The molecule has 0 amide bonds. The Balaban J connectivity index is 2.40. The van der Waals surface area contributed by atoms with Gasteiger partial charge in [-0.15, -0.1) is 0 Å². The van der Waals surface area contributed by atoms with Gasteiger partial charge in [-0.05, 0) is 23.3 Å². The topological polar surface area (TPSA) is 94.7 Å². The Bertz CT molecular complexity index is 520. The van der Waals surface area contributed by atoms with Gasteiger partial charge in [0.2, 0.25) is 5.15 Å². The number of nitro groups is 1. The lowest BCUT2D eigenvalue weighted by molar-refractivity contribution is -0.388. The zero-order valence-corrected chi connectivity index (χ0v) is 9.79. The maximum absolute atomic E-state index is 10.8. The molecule has 0 bridgehead atoms. The fraction of sp³-hybridized carbons (Fsp3) is 0. The number of nitrogens with zero attached hydrogens (tertiary/aromatic N) is 5. The van der Waals surface area contributed by atoms with E-state index in [4.69, 9.17) is 11.6 Å². The van der Waals surface area contributed by atoms with Crippen LogP contribution in [0.5, 0.6) is 0 Å². The van der Waals surface area contributed by atoms with Crippen molar-refractivity contribution in [1.82, 2.24) is 19.3 Å². The molecule has 82 valence electrons. The maximum atomic E-state index is 10.8. The standard InChI is InChI=1S/C6H2ClN5O2S2/c7-4-3(12(13)14)5(9-1-8-4)15-6-10-2-11-16-6/h1-2H. The van der Waals surface area contributed by atoms with Gasteiger partial charge in [-0.25, -0.2) is 15.0 Å². The number of aromatic nitrogens is 4. The van der Waals surface area contributed by atoms with Crippen molar-refractivity contribution in [2.45, 2.75) is 9.37 Å². The molecule has 2 aromatic heterocycles. The van der Waals surface area contributed by atoms with Crippen LogP contribution in [0.15, 0.2) is 22.0 Å². The molecule has 2 rings (SSSR count). The second-order valence-electron chi connectivity index (χ2n) is 2.38. The van der Waals surface area contributed by atoms with E-state index in [1.54, 1.807) is 0 Å². The predicted molar refractivity (Wildman–Crippen MR) is 57.7 cm³/mol. The van der Waals surface area contributed by atoms with E-state index in [1.165, 1.54) is 12.7 Å². The van der Waals surface area contributed by atoms with Crippen molar-refractivity contribution in [2.75, 3.05) is 0 Å². The summed E-state index contributed by atoms with van der Waals surface area (Å²) < 4.78 is 4.33. The first kappa shape index (κ1) is 11.2. The third kappa shape index (κ3) is 2.26. The predicted octanol–water partition coefficient (Wildman–Crippen LogP) is 2.04. The molecule has 0 aliphatic carbocycles. The second-order valence-corrected chi connectivity index (χ2v) is 4.76. The Morgan fingerprint density at radius 3 is 2.81 bits per heavy atom. The van der Waals surface area contributed by atoms with Crippen LogP contribution in [-0.4, -0.2) is 24.2 Å². The van der Waals surface area contributed by atoms with E-state index < -0.39 is 4.92 Å². The summed E-state index contributed by atoms with van der Waals surface area (Å²) in [5.74, 6) is 0. The molecular weight excluding hydrogens is 274 g/mol. The largest absolute Gasteiger partial charge is 0.338 e. The van der Waals surface area contributed by atoms with Crippen LogP contribution in [0.25, 0.3) is 0 Å². The monoisotopic (exact) mass is 275 g/mol. The van der Waals surface area contributed by atoms with E-state index in [0.29, 0.717) is 4.34 Å². The Morgan fingerprint density at radius 1 is 1.38 bits per heavy atom. The molecule has 0 atom stereocenters. The van der Waals surface area contributed by atoms with Crippen LogP contribution >= 0.6 is 34.9 Å². The van der Waals surface area contributed by atoms with E-state index >= 15 is 0 Å².